The van der Waals surface area contributed by atoms with Gasteiger partial charge in [-0.25, -0.2) is 0 Å². The molecule has 4 aromatic carbocycles. The van der Waals surface area contributed by atoms with E-state index >= 15 is 4.79 Å². The van der Waals surface area contributed by atoms with E-state index < -0.39 is 55.5 Å². The Balaban J connectivity index is 0.946. The molecule has 5 unspecified atom stereocenters. The minimum absolute atomic E-state index is 0.0108. The Hall–Kier alpha value is -4.50. The van der Waals surface area contributed by atoms with Crippen molar-refractivity contribution in [3.05, 3.63) is 183 Å². The van der Waals surface area contributed by atoms with E-state index in [-0.39, 0.29) is 112 Å². The van der Waals surface area contributed by atoms with Crippen molar-refractivity contribution in [3.8, 4) is 0 Å². The summed E-state index contributed by atoms with van der Waals surface area (Å²) in [6.45, 7) is 53.6. The second kappa shape index (κ2) is 33.3. The van der Waals surface area contributed by atoms with Gasteiger partial charge in [0.2, 0.25) is 0 Å². The van der Waals surface area contributed by atoms with E-state index in [4.69, 9.17) is 53.0 Å². The molecule has 14 heteroatoms. The number of hydrogen-bond acceptors (Lipinski definition) is 11. The lowest BCUT2D eigenvalue weighted by Crippen LogP contribution is -2.73. The predicted octanol–water partition coefficient (Wildman–Crippen LogP) is 16.6. The van der Waals surface area contributed by atoms with Crippen LogP contribution in [-0.2, 0) is 51.2 Å². The molecule has 6 aliphatic heterocycles. The van der Waals surface area contributed by atoms with Crippen LogP contribution in [0.4, 0.5) is 0 Å². The monoisotopic (exact) mass is 1420 g/mol. The van der Waals surface area contributed by atoms with Crippen LogP contribution in [-0.4, -0.2) is 136 Å². The number of carbonyl (C=O) groups is 1. The highest BCUT2D eigenvalue weighted by atomic mass is 28.4. The van der Waals surface area contributed by atoms with Crippen LogP contribution in [0.3, 0.4) is 0 Å². The van der Waals surface area contributed by atoms with Crippen molar-refractivity contribution in [3.63, 3.8) is 0 Å². The van der Waals surface area contributed by atoms with Gasteiger partial charge in [0.25, 0.3) is 16.6 Å². The van der Waals surface area contributed by atoms with Crippen molar-refractivity contribution >= 4 is 51.5 Å². The van der Waals surface area contributed by atoms with E-state index in [2.05, 4.69) is 250 Å². The molecule has 0 radical (unpaired) electrons. The number of ketones is 1. The van der Waals surface area contributed by atoms with Crippen LogP contribution >= 0.6 is 0 Å². The molecule has 0 saturated carbocycles. The summed E-state index contributed by atoms with van der Waals surface area (Å²) in [4.78, 5) is 15.5. The molecule has 0 aliphatic carbocycles. The van der Waals surface area contributed by atoms with Crippen LogP contribution in [0.25, 0.3) is 0 Å². The van der Waals surface area contributed by atoms with Crippen LogP contribution in [0.15, 0.2) is 183 Å². The highest BCUT2D eigenvalue weighted by molar-refractivity contribution is 7.00. The number of hydrogen-bond donors (Lipinski definition) is 0. The summed E-state index contributed by atoms with van der Waals surface area (Å²) in [5, 5.41) is 4.16. The minimum Gasteiger partial charge on any atom is -0.417 e. The molecule has 10 rings (SSSR count). The molecule has 100 heavy (non-hydrogen) atoms. The summed E-state index contributed by atoms with van der Waals surface area (Å²) >= 11 is 0. The lowest BCUT2D eigenvalue weighted by Gasteiger charge is -2.53. The van der Waals surface area contributed by atoms with Crippen molar-refractivity contribution in [1.82, 2.24) is 0 Å². The van der Waals surface area contributed by atoms with Gasteiger partial charge in [0.1, 0.15) is 36.3 Å². The zero-order valence-electron chi connectivity index (χ0n) is 63.5. The third-order valence-electron chi connectivity index (χ3n) is 23.7. The van der Waals surface area contributed by atoms with Crippen molar-refractivity contribution in [2.75, 3.05) is 19.8 Å². The molecule has 0 N–H and O–H groups in total. The molecular formula is C86H124O11Si3. The maximum absolute atomic E-state index is 15.5. The Morgan fingerprint density at radius 1 is 0.600 bits per heavy atom. The van der Waals surface area contributed by atoms with E-state index in [1.165, 1.54) is 20.7 Å². The molecule has 4 aromatic rings. The first kappa shape index (κ1) is 78.1. The smallest absolute Gasteiger partial charge is 0.261 e. The number of benzene rings is 4. The SMILES string of the molecule is C=CCOC/C=C/[C@H]1CC(=C)C(CCC2C[C@@H](C)C(=C)C(CC3O[C@H](C[C@H](C)CO[Si](C)(C)C(C)(C)C)[C@H](C)[C@H]3CC(=O)C[C@H]3CC[C@@H]4O[C@@H]5[C@@H](O[C@H](CC(C)C=C)[C@@H]5O[Si](c5ccccc5)(c5ccccc5)C(C)(C)C)[C@@H](O[Si](c5ccccc5)(c5ccccc5)C(C)(C)C)[C@H]4O3)O2)O1. The van der Waals surface area contributed by atoms with Gasteiger partial charge in [0, 0.05) is 32.3 Å². The summed E-state index contributed by atoms with van der Waals surface area (Å²) in [5.41, 5.74) is 2.23. The van der Waals surface area contributed by atoms with Crippen molar-refractivity contribution in [2.24, 2.45) is 29.6 Å². The van der Waals surface area contributed by atoms with E-state index in [1.807, 2.05) is 12.2 Å². The van der Waals surface area contributed by atoms with Gasteiger partial charge in [-0.2, -0.15) is 0 Å². The quantitative estimate of drug-likeness (QED) is 0.0283. The molecule has 546 valence electrons. The first-order chi connectivity index (χ1) is 47.5. The summed E-state index contributed by atoms with van der Waals surface area (Å²) in [5.74, 6) is 0.879. The average Bonchev–Trinajstić information content (AvgIpc) is 1.33. The first-order valence-electron chi connectivity index (χ1n) is 38.0. The summed E-state index contributed by atoms with van der Waals surface area (Å²) < 4.78 is 73.3. The lowest BCUT2D eigenvalue weighted by atomic mass is 9.78. The third kappa shape index (κ3) is 17.6. The standard InChI is InChI=1S/C86H124O11Si3/c1-20-48-88-49-34-35-65-53-61(6)73(90-65)46-44-66-52-60(5)62(7)76(91-66)56-77-72(63(8)75(93-77)51-59(4)57-89-98(18,19)84(9,10)11)55-64(87)54-67-45-47-74-79(92-67)83(97-100(86(15,16)17,70-40-30-24-31-41-70)71-42-32-25-33-43-71)82-81(94-74)80(78(95-82)50-58(3)21-2)96-99(85(12,13)14,68-36-26-22-27-37-68)69-38-28-23-29-39-69/h20-43,58-60,63,65-67,72-83H,1-2,6-7,44-57H2,3-5,8-19H3/b35-34+/t58?,59-,60+,63+,65-,66?,67+,72+,73?,74-,75+,76?,77?,78+,79-,80-,81-,82+,83-/m0/s1. The van der Waals surface area contributed by atoms with Crippen LogP contribution in [0.2, 0.25) is 28.2 Å². The van der Waals surface area contributed by atoms with E-state index in [0.717, 1.165) is 43.3 Å². The first-order valence-corrected chi connectivity index (χ1v) is 44.7. The fourth-order valence-corrected chi connectivity index (χ4v) is 27.5. The van der Waals surface area contributed by atoms with Gasteiger partial charge in [-0.1, -0.05) is 249 Å². The second-order valence-electron chi connectivity index (χ2n) is 34.2. The number of rotatable bonds is 30. The van der Waals surface area contributed by atoms with Crippen molar-refractivity contribution < 1.29 is 51.2 Å². The van der Waals surface area contributed by atoms with Crippen LogP contribution in [0.1, 0.15) is 161 Å². The largest absolute Gasteiger partial charge is 0.417 e. The minimum atomic E-state index is -3.31. The number of Topliss-reactive ketones (excluding diaryl/α,β-unsaturated/α-hetero) is 1. The van der Waals surface area contributed by atoms with Crippen molar-refractivity contribution in [2.45, 2.75) is 274 Å². The van der Waals surface area contributed by atoms with Gasteiger partial charge in [-0.3, -0.25) is 4.79 Å². The molecule has 6 aliphatic rings. The van der Waals surface area contributed by atoms with Crippen LogP contribution in [0.5, 0.6) is 0 Å². The highest BCUT2D eigenvalue weighted by Gasteiger charge is 2.65. The normalized spacial score (nSPS) is 30.6. The topological polar surface area (TPSA) is 109 Å². The fourth-order valence-electron chi connectivity index (χ4n) is 17.0. The zero-order chi connectivity index (χ0) is 72.0. The van der Waals surface area contributed by atoms with Crippen LogP contribution < -0.4 is 20.7 Å². The summed E-state index contributed by atoms with van der Waals surface area (Å²) in [6, 6.07) is 43.6. The average molecular weight is 1420 g/mol. The van der Waals surface area contributed by atoms with Gasteiger partial charge in [0.05, 0.1) is 68.1 Å². The molecule has 11 nitrogen and oxygen atoms in total. The van der Waals surface area contributed by atoms with Crippen LogP contribution in [0, 0.1) is 29.6 Å². The Kier molecular flexibility index (Phi) is 26.0. The highest BCUT2D eigenvalue weighted by Crippen LogP contribution is 2.50. The summed E-state index contributed by atoms with van der Waals surface area (Å²) in [7, 11) is -8.50. The molecule has 19 atom stereocenters. The van der Waals surface area contributed by atoms with Gasteiger partial charge in [-0.05, 0) is 135 Å². The van der Waals surface area contributed by atoms with E-state index in [9.17, 15) is 0 Å². The zero-order valence-corrected chi connectivity index (χ0v) is 66.5. The maximum atomic E-state index is 15.5. The van der Waals surface area contributed by atoms with Gasteiger partial charge in [-0.15, -0.1) is 13.2 Å². The molecule has 6 heterocycles. The Morgan fingerprint density at radius 2 is 1.16 bits per heavy atom. The predicted molar refractivity (Wildman–Crippen MR) is 415 cm³/mol. The van der Waals surface area contributed by atoms with Crippen molar-refractivity contribution in [1.29, 1.82) is 0 Å². The van der Waals surface area contributed by atoms with E-state index in [0.29, 0.717) is 51.9 Å². The number of ether oxygens (including phenoxy) is 7. The summed E-state index contributed by atoms with van der Waals surface area (Å²) in [6.07, 6.45) is 11.1. The van der Waals surface area contributed by atoms with E-state index in [1.54, 1.807) is 6.08 Å². The van der Waals surface area contributed by atoms with Gasteiger partial charge < -0.3 is 46.4 Å². The number of fused-ring (bicyclic) bond motifs is 2. The lowest BCUT2D eigenvalue weighted by molar-refractivity contribution is -0.254. The fraction of sp³-hybridized carbons (Fsp3) is 0.593. The molecule has 0 bridgehead atoms. The Labute approximate surface area is 606 Å². The maximum Gasteiger partial charge on any atom is 0.261 e. The molecule has 6 saturated heterocycles. The molecular weight excluding hydrogens is 1290 g/mol. The molecule has 6 fully saturated rings. The Morgan fingerprint density at radius 3 is 1.70 bits per heavy atom. The molecule has 0 spiro atoms. The molecule has 0 aromatic heterocycles. The van der Waals surface area contributed by atoms with Gasteiger partial charge in [0.15, 0.2) is 8.32 Å². The third-order valence-corrected chi connectivity index (χ3v) is 38.3. The number of allylic oxidation sites excluding steroid dienone is 1. The number of carbonyl (C=O) groups excluding carboxylic acids is 1. The Bertz CT molecular complexity index is 3260. The second-order valence-corrected chi connectivity index (χ2v) is 47.5. The molecule has 0 amide bonds. The van der Waals surface area contributed by atoms with Gasteiger partial charge >= 0.3 is 0 Å².